The van der Waals surface area contributed by atoms with Gasteiger partial charge in [-0.05, 0) is 28.1 Å². The van der Waals surface area contributed by atoms with Gasteiger partial charge in [0.2, 0.25) is 5.01 Å². The van der Waals surface area contributed by atoms with Gasteiger partial charge in [-0.1, -0.05) is 11.6 Å². The smallest absolute Gasteiger partial charge is 0.365 e. The number of fused-ring (bicyclic) bond motifs is 1. The van der Waals surface area contributed by atoms with Crippen LogP contribution in [0.1, 0.15) is 9.80 Å². The number of carboxylic acid groups (broad SMARTS) is 1. The molecule has 1 heterocycles. The molecule has 0 bridgehead atoms. The topological polar surface area (TPSA) is 50.2 Å². The summed E-state index contributed by atoms with van der Waals surface area (Å²) < 4.78 is 1.48. The maximum absolute atomic E-state index is 10.7. The molecule has 0 radical (unpaired) electrons. The van der Waals surface area contributed by atoms with Crippen LogP contribution in [0.2, 0.25) is 5.02 Å². The molecule has 6 heteroatoms. The first-order valence-electron chi connectivity index (χ1n) is 3.57. The highest BCUT2D eigenvalue weighted by Gasteiger charge is 2.12. The summed E-state index contributed by atoms with van der Waals surface area (Å²) in [6.45, 7) is 0. The van der Waals surface area contributed by atoms with Crippen molar-refractivity contribution in [3.05, 3.63) is 26.6 Å². The molecule has 0 aliphatic rings. The Hall–Kier alpha value is -0.650. The molecule has 14 heavy (non-hydrogen) atoms. The number of carbonyl (C=O) groups is 1. The molecule has 0 saturated carbocycles. The lowest BCUT2D eigenvalue weighted by molar-refractivity contribution is 0.0696. The highest BCUT2D eigenvalue weighted by Crippen LogP contribution is 2.31. The lowest BCUT2D eigenvalue weighted by Gasteiger charge is -1.92. The van der Waals surface area contributed by atoms with Gasteiger partial charge in [0.1, 0.15) is 0 Å². The van der Waals surface area contributed by atoms with Gasteiger partial charge in [0.05, 0.1) is 10.2 Å². The minimum Gasteiger partial charge on any atom is -0.476 e. The maximum Gasteiger partial charge on any atom is 0.365 e. The van der Waals surface area contributed by atoms with E-state index in [4.69, 9.17) is 16.7 Å². The number of carboxylic acids is 1. The van der Waals surface area contributed by atoms with Crippen LogP contribution in [0.5, 0.6) is 0 Å². The fourth-order valence-corrected chi connectivity index (χ4v) is 3.01. The number of hydrogen-bond donors (Lipinski definition) is 1. The lowest BCUT2D eigenvalue weighted by atomic mass is 10.3. The van der Waals surface area contributed by atoms with E-state index in [1.54, 1.807) is 12.1 Å². The van der Waals surface area contributed by atoms with Crippen LogP contribution in [0.4, 0.5) is 0 Å². The Morgan fingerprint density at radius 2 is 2.29 bits per heavy atom. The molecule has 2 aromatic rings. The number of rotatable bonds is 1. The summed E-state index contributed by atoms with van der Waals surface area (Å²) in [4.78, 5) is 14.6. The van der Waals surface area contributed by atoms with Crippen LogP contribution in [-0.4, -0.2) is 16.1 Å². The quantitative estimate of drug-likeness (QED) is 0.876. The van der Waals surface area contributed by atoms with Crippen LogP contribution < -0.4 is 0 Å². The molecule has 1 N–H and O–H groups in total. The molecular formula is C8H3BrClNO2S. The number of aromatic nitrogens is 1. The fraction of sp³-hybridized carbons (Fsp3) is 0. The van der Waals surface area contributed by atoms with Crippen molar-refractivity contribution in [2.75, 3.05) is 0 Å². The standard InChI is InChI=1S/C8H3BrClNO2S/c9-4-1-3(10)2-5-6(4)11-7(14-5)8(12)13/h1-2H,(H,12,13). The Balaban J connectivity index is 2.76. The first-order valence-corrected chi connectivity index (χ1v) is 5.55. The predicted molar refractivity (Wildman–Crippen MR) is 59.3 cm³/mol. The second-order valence-electron chi connectivity index (χ2n) is 2.56. The zero-order chi connectivity index (χ0) is 10.3. The first-order chi connectivity index (χ1) is 6.58. The zero-order valence-electron chi connectivity index (χ0n) is 6.62. The Morgan fingerprint density at radius 3 is 2.93 bits per heavy atom. The fourth-order valence-electron chi connectivity index (χ4n) is 1.05. The van der Waals surface area contributed by atoms with E-state index in [2.05, 4.69) is 20.9 Å². The molecule has 0 aliphatic heterocycles. The van der Waals surface area contributed by atoms with E-state index in [0.29, 0.717) is 15.0 Å². The maximum atomic E-state index is 10.7. The SMILES string of the molecule is O=C(O)c1nc2c(Br)cc(Cl)cc2s1. The summed E-state index contributed by atoms with van der Waals surface area (Å²) in [5, 5.41) is 9.38. The summed E-state index contributed by atoms with van der Waals surface area (Å²) in [6.07, 6.45) is 0. The Morgan fingerprint density at radius 1 is 1.57 bits per heavy atom. The number of halogens is 2. The molecule has 0 saturated heterocycles. The second kappa shape index (κ2) is 3.49. The van der Waals surface area contributed by atoms with Crippen molar-refractivity contribution in [2.24, 2.45) is 0 Å². The van der Waals surface area contributed by atoms with E-state index in [1.807, 2.05) is 0 Å². The third-order valence-electron chi connectivity index (χ3n) is 1.60. The third kappa shape index (κ3) is 1.63. The molecule has 72 valence electrons. The number of benzene rings is 1. The van der Waals surface area contributed by atoms with Gasteiger partial charge in [0, 0.05) is 9.50 Å². The normalized spacial score (nSPS) is 10.7. The van der Waals surface area contributed by atoms with Gasteiger partial charge in [-0.15, -0.1) is 11.3 Å². The molecule has 0 unspecified atom stereocenters. The number of hydrogen-bond acceptors (Lipinski definition) is 3. The number of thiazole rings is 1. The van der Waals surface area contributed by atoms with Gasteiger partial charge in [0.15, 0.2) is 0 Å². The molecule has 3 nitrogen and oxygen atoms in total. The number of aromatic carboxylic acids is 1. The Bertz CT molecular complexity index is 525. The van der Waals surface area contributed by atoms with Gasteiger partial charge in [-0.3, -0.25) is 0 Å². The van der Waals surface area contributed by atoms with Gasteiger partial charge in [-0.25, -0.2) is 9.78 Å². The van der Waals surface area contributed by atoms with E-state index < -0.39 is 5.97 Å². The molecule has 1 aromatic carbocycles. The molecule has 0 spiro atoms. The summed E-state index contributed by atoms with van der Waals surface area (Å²) in [7, 11) is 0. The van der Waals surface area contributed by atoms with Crippen LogP contribution >= 0.6 is 38.9 Å². The van der Waals surface area contributed by atoms with E-state index >= 15 is 0 Å². The Labute approximate surface area is 96.5 Å². The van der Waals surface area contributed by atoms with Crippen LogP contribution in [0.3, 0.4) is 0 Å². The minimum atomic E-state index is -1.02. The molecule has 0 atom stereocenters. The molecule has 1 aromatic heterocycles. The van der Waals surface area contributed by atoms with Crippen LogP contribution in [0, 0.1) is 0 Å². The van der Waals surface area contributed by atoms with E-state index in [0.717, 1.165) is 16.0 Å². The molecule has 0 amide bonds. The van der Waals surface area contributed by atoms with Gasteiger partial charge in [0.25, 0.3) is 0 Å². The lowest BCUT2D eigenvalue weighted by Crippen LogP contribution is -1.93. The summed E-state index contributed by atoms with van der Waals surface area (Å²) in [6, 6.07) is 3.39. The van der Waals surface area contributed by atoms with Crippen LogP contribution in [-0.2, 0) is 0 Å². The van der Waals surface area contributed by atoms with Gasteiger partial charge < -0.3 is 5.11 Å². The summed E-state index contributed by atoms with van der Waals surface area (Å²) in [5.74, 6) is -1.02. The van der Waals surface area contributed by atoms with Gasteiger partial charge >= 0.3 is 5.97 Å². The highest BCUT2D eigenvalue weighted by molar-refractivity contribution is 9.10. The van der Waals surface area contributed by atoms with E-state index in [1.165, 1.54) is 0 Å². The highest BCUT2D eigenvalue weighted by atomic mass is 79.9. The van der Waals surface area contributed by atoms with Crippen LogP contribution in [0.25, 0.3) is 10.2 Å². The third-order valence-corrected chi connectivity index (χ3v) is 3.41. The molecule has 2 rings (SSSR count). The first kappa shape index (κ1) is 9.89. The van der Waals surface area contributed by atoms with Crippen molar-refractivity contribution >= 4 is 55.1 Å². The largest absolute Gasteiger partial charge is 0.476 e. The van der Waals surface area contributed by atoms with Crippen molar-refractivity contribution in [1.29, 1.82) is 0 Å². The van der Waals surface area contributed by atoms with Crippen molar-refractivity contribution in [3.8, 4) is 0 Å². The van der Waals surface area contributed by atoms with E-state index in [9.17, 15) is 4.79 Å². The molecule has 0 aliphatic carbocycles. The summed E-state index contributed by atoms with van der Waals surface area (Å²) in [5.41, 5.74) is 0.636. The van der Waals surface area contributed by atoms with Crippen LogP contribution in [0.15, 0.2) is 16.6 Å². The minimum absolute atomic E-state index is 0.0722. The van der Waals surface area contributed by atoms with E-state index in [-0.39, 0.29) is 5.01 Å². The monoisotopic (exact) mass is 291 g/mol. The average Bonchev–Trinajstić information content (AvgIpc) is 2.47. The van der Waals surface area contributed by atoms with Crippen molar-refractivity contribution in [2.45, 2.75) is 0 Å². The van der Waals surface area contributed by atoms with Crippen molar-refractivity contribution in [3.63, 3.8) is 0 Å². The Kier molecular flexibility index (Phi) is 2.47. The van der Waals surface area contributed by atoms with Crippen molar-refractivity contribution < 1.29 is 9.90 Å². The predicted octanol–water partition coefficient (Wildman–Crippen LogP) is 3.41. The zero-order valence-corrected chi connectivity index (χ0v) is 9.78. The van der Waals surface area contributed by atoms with Crippen molar-refractivity contribution in [1.82, 2.24) is 4.98 Å². The summed E-state index contributed by atoms with van der Waals surface area (Å²) >= 11 is 10.2. The number of nitrogens with zero attached hydrogens (tertiary/aromatic N) is 1. The second-order valence-corrected chi connectivity index (χ2v) is 4.88. The molecule has 0 fully saturated rings. The van der Waals surface area contributed by atoms with Gasteiger partial charge in [-0.2, -0.15) is 0 Å². The average molecular weight is 293 g/mol. The molecular weight excluding hydrogens is 290 g/mol.